The van der Waals surface area contributed by atoms with Crippen molar-refractivity contribution in [1.82, 2.24) is 10.2 Å². The molecule has 0 unspecified atom stereocenters. The maximum Gasteiger partial charge on any atom is 0.326 e. The van der Waals surface area contributed by atoms with Gasteiger partial charge in [-0.2, -0.15) is 0 Å². The number of hydrogen-bond acceptors (Lipinski definition) is 5. The number of benzene rings is 1. The minimum Gasteiger partial charge on any atom is -0.480 e. The lowest BCUT2D eigenvalue weighted by molar-refractivity contribution is -0.149. The molecule has 0 aliphatic carbocycles. The zero-order valence-corrected chi connectivity index (χ0v) is 18.1. The average molecular weight is 517 g/mol. The minimum absolute atomic E-state index is 0.00842. The van der Waals surface area contributed by atoms with Gasteiger partial charge in [-0.05, 0) is 73.0 Å². The molecule has 1 aromatic rings. The van der Waals surface area contributed by atoms with Gasteiger partial charge in [0.15, 0.2) is 0 Å². The molecule has 4 N–H and O–H groups in total. The fourth-order valence-corrected chi connectivity index (χ4v) is 3.58. The highest BCUT2D eigenvalue weighted by Crippen LogP contribution is 2.19. The summed E-state index contributed by atoms with van der Waals surface area (Å²) in [7, 11) is 0. The summed E-state index contributed by atoms with van der Waals surface area (Å²) < 4.78 is 1.03. The molecule has 0 radical (unpaired) electrons. The molecule has 1 heterocycles. The van der Waals surface area contributed by atoms with Crippen molar-refractivity contribution in [3.63, 3.8) is 0 Å². The number of amides is 2. The highest BCUT2D eigenvalue weighted by molar-refractivity contribution is 14.1. The molecule has 0 aromatic heterocycles. The lowest BCUT2D eigenvalue weighted by Gasteiger charge is -2.27. The molecule has 2 amide bonds. The van der Waals surface area contributed by atoms with Crippen LogP contribution in [0.15, 0.2) is 24.3 Å². The van der Waals surface area contributed by atoms with Gasteiger partial charge in [-0.15, -0.1) is 0 Å². The molecule has 0 saturated carbocycles. The number of rotatable bonds is 9. The lowest BCUT2D eigenvalue weighted by Crippen LogP contribution is -2.53. The molecule has 1 aromatic carbocycles. The number of nitrogens with one attached hydrogen (secondary N) is 2. The van der Waals surface area contributed by atoms with Crippen molar-refractivity contribution in [2.75, 3.05) is 11.9 Å². The quantitative estimate of drug-likeness (QED) is 0.365. The molecule has 29 heavy (non-hydrogen) atoms. The molecule has 1 aliphatic rings. The van der Waals surface area contributed by atoms with Crippen LogP contribution in [0.3, 0.4) is 0 Å². The molecular weight excluding hydrogens is 493 g/mol. The van der Waals surface area contributed by atoms with E-state index in [9.17, 15) is 29.4 Å². The van der Waals surface area contributed by atoms with E-state index in [4.69, 9.17) is 0 Å². The number of halogens is 1. The summed E-state index contributed by atoms with van der Waals surface area (Å²) in [4.78, 5) is 48.7. The van der Waals surface area contributed by atoms with Crippen LogP contribution < -0.4 is 10.6 Å². The van der Waals surface area contributed by atoms with Gasteiger partial charge in [0.1, 0.15) is 12.1 Å². The first-order chi connectivity index (χ1) is 13.7. The van der Waals surface area contributed by atoms with Gasteiger partial charge in [0.25, 0.3) is 0 Å². The molecule has 0 spiro atoms. The monoisotopic (exact) mass is 517 g/mol. The van der Waals surface area contributed by atoms with Crippen molar-refractivity contribution in [2.45, 2.75) is 50.7 Å². The van der Waals surface area contributed by atoms with Gasteiger partial charge in [0.2, 0.25) is 11.8 Å². The highest BCUT2D eigenvalue weighted by atomic mass is 127. The van der Waals surface area contributed by atoms with Gasteiger partial charge >= 0.3 is 11.9 Å². The Morgan fingerprint density at radius 2 is 1.86 bits per heavy atom. The highest BCUT2D eigenvalue weighted by Gasteiger charge is 2.36. The Balaban J connectivity index is 1.89. The number of likely N-dealkylation sites (tertiary alicyclic amines) is 1. The Bertz CT molecular complexity index is 770. The molecule has 3 atom stereocenters. The van der Waals surface area contributed by atoms with E-state index >= 15 is 0 Å². The number of hydrogen-bond donors (Lipinski definition) is 4. The summed E-state index contributed by atoms with van der Waals surface area (Å²) in [5, 5.41) is 24.1. The fraction of sp³-hybridized carbons (Fsp3) is 0.474. The van der Waals surface area contributed by atoms with E-state index in [-0.39, 0.29) is 18.7 Å². The first kappa shape index (κ1) is 23.1. The summed E-state index contributed by atoms with van der Waals surface area (Å²) in [5.41, 5.74) is 0.618. The summed E-state index contributed by atoms with van der Waals surface area (Å²) in [6.07, 6.45) is 0.926. The smallest absolute Gasteiger partial charge is 0.326 e. The standard InChI is InChI=1S/C19H24IN3O6/c1-11(17(25)23-10-2-3-15(23)19(28)29)21-14(18(26)27)8-9-16(24)22-13-6-4-12(20)5-7-13/h4-7,11,14-15,21H,2-3,8-10H2,1H3,(H,22,24)(H,26,27)(H,28,29)/t11-,14-,15-/m0/s1. The number of carboxylic acids is 2. The van der Waals surface area contributed by atoms with Crippen LogP contribution in [0, 0.1) is 3.57 Å². The van der Waals surface area contributed by atoms with Crippen LogP contribution in [0.5, 0.6) is 0 Å². The lowest BCUT2D eigenvalue weighted by atomic mass is 10.1. The number of nitrogens with zero attached hydrogens (tertiary/aromatic N) is 1. The molecule has 0 bridgehead atoms. The number of aliphatic carboxylic acids is 2. The van der Waals surface area contributed by atoms with E-state index < -0.39 is 36.0 Å². The van der Waals surface area contributed by atoms with Crippen LogP contribution in [0.25, 0.3) is 0 Å². The summed E-state index contributed by atoms with van der Waals surface area (Å²) in [6, 6.07) is 4.32. The molecule has 158 valence electrons. The predicted molar refractivity (Wildman–Crippen MR) is 113 cm³/mol. The molecule has 1 saturated heterocycles. The third kappa shape index (κ3) is 6.67. The number of carbonyl (C=O) groups excluding carboxylic acids is 2. The molecule has 10 heteroatoms. The Morgan fingerprint density at radius 1 is 1.21 bits per heavy atom. The van der Waals surface area contributed by atoms with Gasteiger partial charge in [0, 0.05) is 22.2 Å². The van der Waals surface area contributed by atoms with Gasteiger partial charge in [-0.25, -0.2) is 4.79 Å². The van der Waals surface area contributed by atoms with Crippen molar-refractivity contribution < 1.29 is 29.4 Å². The summed E-state index contributed by atoms with van der Waals surface area (Å²) in [6.45, 7) is 1.83. The van der Waals surface area contributed by atoms with E-state index in [1.54, 1.807) is 12.1 Å². The SMILES string of the molecule is C[C@H](N[C@@H](CCC(=O)Nc1ccc(I)cc1)C(=O)O)C(=O)N1CCC[C@H]1C(=O)O. The number of carbonyl (C=O) groups is 4. The maximum absolute atomic E-state index is 12.6. The van der Waals surface area contributed by atoms with Crippen molar-refractivity contribution in [3.05, 3.63) is 27.8 Å². The van der Waals surface area contributed by atoms with Crippen molar-refractivity contribution in [1.29, 1.82) is 0 Å². The van der Waals surface area contributed by atoms with E-state index in [2.05, 4.69) is 33.2 Å². The van der Waals surface area contributed by atoms with Gasteiger partial charge in [-0.3, -0.25) is 19.7 Å². The van der Waals surface area contributed by atoms with Crippen LogP contribution >= 0.6 is 22.6 Å². The average Bonchev–Trinajstić information content (AvgIpc) is 3.16. The van der Waals surface area contributed by atoms with Crippen molar-refractivity contribution in [3.8, 4) is 0 Å². The largest absolute Gasteiger partial charge is 0.480 e. The Morgan fingerprint density at radius 3 is 2.45 bits per heavy atom. The maximum atomic E-state index is 12.6. The summed E-state index contributed by atoms with van der Waals surface area (Å²) in [5.74, 6) is -3.03. The van der Waals surface area contributed by atoms with Gasteiger partial charge < -0.3 is 20.4 Å². The zero-order chi connectivity index (χ0) is 21.6. The van der Waals surface area contributed by atoms with Crippen LogP contribution in [0.4, 0.5) is 5.69 Å². The van der Waals surface area contributed by atoms with Crippen molar-refractivity contribution >= 4 is 52.0 Å². The second-order valence-corrected chi connectivity index (χ2v) is 8.15. The van der Waals surface area contributed by atoms with E-state index in [0.29, 0.717) is 25.1 Å². The zero-order valence-electron chi connectivity index (χ0n) is 15.9. The normalized spacial score (nSPS) is 18.1. The Labute approximate surface area is 182 Å². The van der Waals surface area contributed by atoms with Crippen LogP contribution in [0.1, 0.15) is 32.6 Å². The first-order valence-corrected chi connectivity index (χ1v) is 10.3. The first-order valence-electron chi connectivity index (χ1n) is 9.26. The molecule has 9 nitrogen and oxygen atoms in total. The number of anilines is 1. The Kier molecular flexibility index (Phi) is 8.38. The van der Waals surface area contributed by atoms with E-state index in [0.717, 1.165) is 3.57 Å². The van der Waals surface area contributed by atoms with E-state index in [1.165, 1.54) is 11.8 Å². The fourth-order valence-electron chi connectivity index (χ4n) is 3.22. The second kappa shape index (κ2) is 10.5. The molecular formula is C19H24IN3O6. The topological polar surface area (TPSA) is 136 Å². The van der Waals surface area contributed by atoms with Crippen LogP contribution in [-0.4, -0.2) is 63.5 Å². The van der Waals surface area contributed by atoms with Crippen molar-refractivity contribution in [2.24, 2.45) is 0 Å². The molecule has 1 aliphatic heterocycles. The third-order valence-corrected chi connectivity index (χ3v) is 5.45. The summed E-state index contributed by atoms with van der Waals surface area (Å²) >= 11 is 2.15. The molecule has 2 rings (SSSR count). The van der Waals surface area contributed by atoms with Gasteiger partial charge in [0.05, 0.1) is 6.04 Å². The number of carboxylic acid groups (broad SMARTS) is 2. The van der Waals surface area contributed by atoms with Crippen LogP contribution in [0.2, 0.25) is 0 Å². The van der Waals surface area contributed by atoms with Crippen LogP contribution in [-0.2, 0) is 19.2 Å². The Hall–Kier alpha value is -2.21. The second-order valence-electron chi connectivity index (χ2n) is 6.90. The van der Waals surface area contributed by atoms with E-state index in [1.807, 2.05) is 12.1 Å². The third-order valence-electron chi connectivity index (χ3n) is 4.73. The molecule has 1 fully saturated rings. The predicted octanol–water partition coefficient (Wildman–Crippen LogP) is 1.52. The minimum atomic E-state index is -1.18. The van der Waals surface area contributed by atoms with Gasteiger partial charge in [-0.1, -0.05) is 0 Å².